The Bertz CT molecular complexity index is 419. The number of aromatic carboxylic acids is 1. The van der Waals surface area contributed by atoms with Crippen LogP contribution in [0.4, 0.5) is 0 Å². The summed E-state index contributed by atoms with van der Waals surface area (Å²) in [4.78, 5) is 13.3. The zero-order chi connectivity index (χ0) is 13.0. The molecule has 1 aliphatic rings. The molecule has 0 radical (unpaired) electrons. The number of carbonyl (C=O) groups is 1. The lowest BCUT2D eigenvalue weighted by molar-refractivity contribution is 0.0689. The van der Waals surface area contributed by atoms with Gasteiger partial charge in [-0.1, -0.05) is 12.1 Å². The fraction of sp³-hybridized carbons (Fsp3) is 0.500. The van der Waals surface area contributed by atoms with Crippen molar-refractivity contribution in [3.8, 4) is 5.75 Å². The minimum atomic E-state index is -0.939. The Kier molecular flexibility index (Phi) is 4.20. The first-order valence-corrected chi connectivity index (χ1v) is 6.30. The summed E-state index contributed by atoms with van der Waals surface area (Å²) in [7, 11) is 2.11. The van der Waals surface area contributed by atoms with Gasteiger partial charge in [-0.25, -0.2) is 4.79 Å². The summed E-state index contributed by atoms with van der Waals surface area (Å²) in [5.41, 5.74) is 0.238. The van der Waals surface area contributed by atoms with Crippen LogP contribution in [0.1, 0.15) is 23.2 Å². The van der Waals surface area contributed by atoms with Crippen molar-refractivity contribution in [2.24, 2.45) is 5.92 Å². The number of ether oxygens (including phenoxy) is 1. The number of nitrogens with zero attached hydrogens (tertiary/aromatic N) is 1. The number of carboxylic acid groups (broad SMARTS) is 1. The Labute approximate surface area is 107 Å². The van der Waals surface area contributed by atoms with E-state index in [1.54, 1.807) is 24.3 Å². The average molecular weight is 249 g/mol. The van der Waals surface area contributed by atoms with Crippen LogP contribution in [0.15, 0.2) is 24.3 Å². The van der Waals surface area contributed by atoms with Crippen LogP contribution in [0, 0.1) is 5.92 Å². The minimum Gasteiger partial charge on any atom is -0.492 e. The molecule has 1 fully saturated rings. The molecule has 1 unspecified atom stereocenters. The normalized spacial score (nSPS) is 20.6. The van der Waals surface area contributed by atoms with Crippen molar-refractivity contribution in [2.45, 2.75) is 12.8 Å². The molecule has 0 amide bonds. The molecular weight excluding hydrogens is 230 g/mol. The van der Waals surface area contributed by atoms with Gasteiger partial charge in [0.25, 0.3) is 0 Å². The second kappa shape index (κ2) is 5.87. The summed E-state index contributed by atoms with van der Waals surface area (Å²) in [5, 5.41) is 9.06. The zero-order valence-electron chi connectivity index (χ0n) is 10.6. The van der Waals surface area contributed by atoms with Crippen molar-refractivity contribution in [3.63, 3.8) is 0 Å². The smallest absolute Gasteiger partial charge is 0.339 e. The fourth-order valence-electron chi connectivity index (χ4n) is 2.39. The molecule has 4 nitrogen and oxygen atoms in total. The van der Waals surface area contributed by atoms with E-state index in [0.717, 1.165) is 19.5 Å². The van der Waals surface area contributed by atoms with Crippen LogP contribution in [-0.2, 0) is 0 Å². The molecule has 1 heterocycles. The van der Waals surface area contributed by atoms with Crippen LogP contribution >= 0.6 is 0 Å². The zero-order valence-corrected chi connectivity index (χ0v) is 10.6. The lowest BCUT2D eigenvalue weighted by atomic mass is 9.99. The molecule has 1 saturated heterocycles. The predicted molar refractivity (Wildman–Crippen MR) is 69.1 cm³/mol. The third-order valence-corrected chi connectivity index (χ3v) is 3.31. The van der Waals surface area contributed by atoms with Crippen LogP contribution in [0.2, 0.25) is 0 Å². The Morgan fingerprint density at radius 3 is 3.00 bits per heavy atom. The maximum Gasteiger partial charge on any atom is 0.339 e. The second-order valence-electron chi connectivity index (χ2n) is 4.88. The van der Waals surface area contributed by atoms with Crippen LogP contribution in [0.5, 0.6) is 5.75 Å². The summed E-state index contributed by atoms with van der Waals surface area (Å²) in [6.45, 7) is 2.76. The molecule has 2 rings (SSSR count). The summed E-state index contributed by atoms with van der Waals surface area (Å²) < 4.78 is 5.68. The highest BCUT2D eigenvalue weighted by Crippen LogP contribution is 2.21. The van der Waals surface area contributed by atoms with E-state index in [2.05, 4.69) is 11.9 Å². The van der Waals surface area contributed by atoms with Gasteiger partial charge in [-0.2, -0.15) is 0 Å². The molecule has 4 heteroatoms. The van der Waals surface area contributed by atoms with E-state index in [1.165, 1.54) is 6.42 Å². The monoisotopic (exact) mass is 249 g/mol. The van der Waals surface area contributed by atoms with Gasteiger partial charge in [-0.15, -0.1) is 0 Å². The fourth-order valence-corrected chi connectivity index (χ4v) is 2.39. The van der Waals surface area contributed by atoms with Gasteiger partial charge in [0.2, 0.25) is 0 Å². The van der Waals surface area contributed by atoms with Gasteiger partial charge >= 0.3 is 5.97 Å². The van der Waals surface area contributed by atoms with Crippen molar-refractivity contribution < 1.29 is 14.6 Å². The van der Waals surface area contributed by atoms with Crippen LogP contribution in [0.3, 0.4) is 0 Å². The molecule has 1 N–H and O–H groups in total. The van der Waals surface area contributed by atoms with Crippen molar-refractivity contribution >= 4 is 5.97 Å². The molecule has 0 spiro atoms. The highest BCUT2D eigenvalue weighted by molar-refractivity contribution is 5.90. The number of para-hydroxylation sites is 1. The lowest BCUT2D eigenvalue weighted by Crippen LogP contribution is -2.34. The van der Waals surface area contributed by atoms with E-state index in [0.29, 0.717) is 18.3 Å². The van der Waals surface area contributed by atoms with Gasteiger partial charge in [0.05, 0.1) is 6.61 Å². The quantitative estimate of drug-likeness (QED) is 0.888. The maximum atomic E-state index is 11.0. The third kappa shape index (κ3) is 3.23. The molecule has 98 valence electrons. The number of rotatable bonds is 4. The van der Waals surface area contributed by atoms with E-state index in [-0.39, 0.29) is 5.56 Å². The summed E-state index contributed by atoms with van der Waals surface area (Å²) >= 11 is 0. The van der Waals surface area contributed by atoms with E-state index >= 15 is 0 Å². The van der Waals surface area contributed by atoms with Crippen molar-refractivity contribution in [2.75, 3.05) is 26.7 Å². The molecule has 1 aromatic carbocycles. The van der Waals surface area contributed by atoms with E-state index in [4.69, 9.17) is 9.84 Å². The first-order chi connectivity index (χ1) is 8.66. The molecule has 1 aromatic rings. The van der Waals surface area contributed by atoms with Crippen molar-refractivity contribution in [3.05, 3.63) is 29.8 Å². The molecule has 1 atom stereocenters. The molecule has 0 bridgehead atoms. The van der Waals surface area contributed by atoms with Crippen LogP contribution in [0.25, 0.3) is 0 Å². The maximum absolute atomic E-state index is 11.0. The second-order valence-corrected chi connectivity index (χ2v) is 4.88. The summed E-state index contributed by atoms with van der Waals surface area (Å²) in [5.74, 6) is 0.0233. The minimum absolute atomic E-state index is 0.238. The van der Waals surface area contributed by atoms with E-state index < -0.39 is 5.97 Å². The summed E-state index contributed by atoms with van der Waals surface area (Å²) in [6.07, 6.45) is 2.34. The standard InChI is InChI=1S/C14H19NO3/c1-15-8-4-5-11(9-15)10-18-13-7-3-2-6-12(13)14(16)17/h2-3,6-7,11H,4-5,8-10H2,1H3,(H,16,17). The lowest BCUT2D eigenvalue weighted by Gasteiger charge is -2.29. The Balaban J connectivity index is 1.95. The number of likely N-dealkylation sites (tertiary alicyclic amines) is 1. The summed E-state index contributed by atoms with van der Waals surface area (Å²) in [6, 6.07) is 6.81. The topological polar surface area (TPSA) is 49.8 Å². The number of benzene rings is 1. The third-order valence-electron chi connectivity index (χ3n) is 3.31. The van der Waals surface area contributed by atoms with Gasteiger partial charge in [0, 0.05) is 12.5 Å². The van der Waals surface area contributed by atoms with Crippen LogP contribution < -0.4 is 4.74 Å². The van der Waals surface area contributed by atoms with Crippen LogP contribution in [-0.4, -0.2) is 42.7 Å². The molecule has 18 heavy (non-hydrogen) atoms. The van der Waals surface area contributed by atoms with E-state index in [1.807, 2.05) is 0 Å². The van der Waals surface area contributed by atoms with Crippen molar-refractivity contribution in [1.82, 2.24) is 4.90 Å². The predicted octanol–water partition coefficient (Wildman–Crippen LogP) is 2.11. The van der Waals surface area contributed by atoms with E-state index in [9.17, 15) is 4.79 Å². The molecule has 0 saturated carbocycles. The van der Waals surface area contributed by atoms with Gasteiger partial charge in [-0.3, -0.25) is 0 Å². The number of hydrogen-bond donors (Lipinski definition) is 1. The van der Waals surface area contributed by atoms with Gasteiger partial charge < -0.3 is 14.7 Å². The number of carboxylic acids is 1. The Morgan fingerprint density at radius 1 is 1.50 bits per heavy atom. The Hall–Kier alpha value is -1.55. The SMILES string of the molecule is CN1CCCC(COc2ccccc2C(=O)O)C1. The molecule has 0 aromatic heterocycles. The average Bonchev–Trinajstić information content (AvgIpc) is 2.37. The Morgan fingerprint density at radius 2 is 2.28 bits per heavy atom. The van der Waals surface area contributed by atoms with Gasteiger partial charge in [0.1, 0.15) is 11.3 Å². The van der Waals surface area contributed by atoms with Crippen molar-refractivity contribution in [1.29, 1.82) is 0 Å². The molecule has 0 aliphatic carbocycles. The highest BCUT2D eigenvalue weighted by atomic mass is 16.5. The first-order valence-electron chi connectivity index (χ1n) is 6.30. The van der Waals surface area contributed by atoms with Gasteiger partial charge in [0.15, 0.2) is 0 Å². The molecule has 1 aliphatic heterocycles. The largest absolute Gasteiger partial charge is 0.492 e. The highest BCUT2D eigenvalue weighted by Gasteiger charge is 2.18. The number of hydrogen-bond acceptors (Lipinski definition) is 3. The first kappa shape index (κ1) is 12.9. The molecular formula is C14H19NO3. The number of piperidine rings is 1. The van der Waals surface area contributed by atoms with Gasteiger partial charge in [-0.05, 0) is 38.6 Å².